The van der Waals surface area contributed by atoms with Gasteiger partial charge in [-0.2, -0.15) is 0 Å². The highest BCUT2D eigenvalue weighted by atomic mass is 35.5. The molecule has 106 valence electrons. The summed E-state index contributed by atoms with van der Waals surface area (Å²) in [5.74, 6) is 0. The van der Waals surface area contributed by atoms with Crippen molar-refractivity contribution in [2.24, 2.45) is 0 Å². The van der Waals surface area contributed by atoms with Crippen LogP contribution in [0.15, 0.2) is 35.3 Å². The molecule has 0 saturated heterocycles. The number of hydrogen-bond acceptors (Lipinski definition) is 2. The largest absolute Gasteiger partial charge is 0.320 e. The minimum Gasteiger partial charge on any atom is -0.320 e. The van der Waals surface area contributed by atoms with Crippen LogP contribution in [0.4, 0.5) is 0 Å². The summed E-state index contributed by atoms with van der Waals surface area (Å²) in [5.41, 5.74) is 3.75. The average Bonchev–Trinajstić information content (AvgIpc) is 2.41. The number of hydrogen-bond donors (Lipinski definition) is 1. The predicted molar refractivity (Wildman–Crippen MR) is 83.9 cm³/mol. The zero-order chi connectivity index (χ0) is 14.7. The third-order valence-corrected chi connectivity index (χ3v) is 3.79. The maximum absolute atomic E-state index is 12.0. The van der Waals surface area contributed by atoms with Gasteiger partial charge >= 0.3 is 0 Å². The Hall–Kier alpha value is -1.58. The highest BCUT2D eigenvalue weighted by molar-refractivity contribution is 6.31. The fourth-order valence-electron chi connectivity index (χ4n) is 2.18. The fraction of sp³-hybridized carbons (Fsp3) is 0.312. The molecule has 0 amide bonds. The van der Waals surface area contributed by atoms with Gasteiger partial charge in [0.05, 0.1) is 0 Å². The van der Waals surface area contributed by atoms with Gasteiger partial charge in [-0.15, -0.1) is 0 Å². The summed E-state index contributed by atoms with van der Waals surface area (Å²) in [6.45, 7) is 7.35. The Morgan fingerprint density at radius 3 is 2.75 bits per heavy atom. The zero-order valence-corrected chi connectivity index (χ0v) is 12.8. The molecule has 0 atom stereocenters. The number of nitrogens with one attached hydrogen (secondary N) is 1. The van der Waals surface area contributed by atoms with E-state index in [4.69, 9.17) is 11.6 Å². The maximum Gasteiger partial charge on any atom is 0.186 e. The summed E-state index contributed by atoms with van der Waals surface area (Å²) in [5, 5.41) is 3.92. The van der Waals surface area contributed by atoms with Crippen LogP contribution in [0.25, 0.3) is 5.69 Å². The van der Waals surface area contributed by atoms with E-state index in [1.165, 1.54) is 0 Å². The van der Waals surface area contributed by atoms with Crippen molar-refractivity contribution in [2.75, 3.05) is 6.54 Å². The van der Waals surface area contributed by atoms with E-state index in [9.17, 15) is 4.79 Å². The van der Waals surface area contributed by atoms with Gasteiger partial charge in [-0.1, -0.05) is 24.6 Å². The monoisotopic (exact) mass is 290 g/mol. The molecule has 3 nitrogen and oxygen atoms in total. The van der Waals surface area contributed by atoms with Crippen LogP contribution in [0.1, 0.15) is 23.7 Å². The number of nitrogens with zero attached hydrogens (tertiary/aromatic N) is 1. The lowest BCUT2D eigenvalue weighted by atomic mass is 10.1. The van der Waals surface area contributed by atoms with Crippen molar-refractivity contribution in [3.8, 4) is 5.69 Å². The highest BCUT2D eigenvalue weighted by Gasteiger charge is 2.08. The van der Waals surface area contributed by atoms with Crippen molar-refractivity contribution in [1.29, 1.82) is 0 Å². The molecule has 0 aliphatic rings. The standard InChI is InChI=1S/C16H19ClN2O/c1-4-18-9-13-10-19(11(2)8-16(13)20)15-7-5-6-14(17)12(15)3/h5-8,10,18H,4,9H2,1-3H3. The van der Waals surface area contributed by atoms with E-state index in [1.807, 2.05) is 49.7 Å². The molecule has 2 rings (SSSR count). The second-order valence-electron chi connectivity index (χ2n) is 4.84. The SMILES string of the molecule is CCNCc1cn(-c2cccc(Cl)c2C)c(C)cc1=O. The van der Waals surface area contributed by atoms with Crippen LogP contribution in [-0.2, 0) is 6.54 Å². The molecule has 1 heterocycles. The number of rotatable bonds is 4. The zero-order valence-electron chi connectivity index (χ0n) is 12.0. The smallest absolute Gasteiger partial charge is 0.186 e. The van der Waals surface area contributed by atoms with Gasteiger partial charge in [-0.3, -0.25) is 4.79 Å². The molecule has 0 bridgehead atoms. The van der Waals surface area contributed by atoms with Crippen molar-refractivity contribution in [1.82, 2.24) is 9.88 Å². The molecular formula is C16H19ClN2O. The Kier molecular flexibility index (Phi) is 4.63. The number of benzene rings is 1. The Morgan fingerprint density at radius 2 is 2.05 bits per heavy atom. The Morgan fingerprint density at radius 1 is 1.30 bits per heavy atom. The van der Waals surface area contributed by atoms with Crippen LogP contribution in [-0.4, -0.2) is 11.1 Å². The van der Waals surface area contributed by atoms with E-state index in [2.05, 4.69) is 5.32 Å². The molecule has 0 aliphatic carbocycles. The fourth-order valence-corrected chi connectivity index (χ4v) is 2.35. The third-order valence-electron chi connectivity index (χ3n) is 3.39. The summed E-state index contributed by atoms with van der Waals surface area (Å²) in [4.78, 5) is 12.0. The maximum atomic E-state index is 12.0. The van der Waals surface area contributed by atoms with Crippen LogP contribution >= 0.6 is 11.6 Å². The van der Waals surface area contributed by atoms with E-state index in [0.29, 0.717) is 6.54 Å². The molecule has 2 aromatic rings. The first-order chi connectivity index (χ1) is 9.54. The topological polar surface area (TPSA) is 34.0 Å². The van der Waals surface area contributed by atoms with Crippen LogP contribution < -0.4 is 10.7 Å². The lowest BCUT2D eigenvalue weighted by Gasteiger charge is -2.16. The van der Waals surface area contributed by atoms with Gasteiger partial charge in [0.1, 0.15) is 0 Å². The summed E-state index contributed by atoms with van der Waals surface area (Å²) >= 11 is 6.18. The first-order valence-electron chi connectivity index (χ1n) is 6.73. The van der Waals surface area contributed by atoms with Crippen molar-refractivity contribution in [3.63, 3.8) is 0 Å². The molecule has 1 N–H and O–H groups in total. The van der Waals surface area contributed by atoms with Crippen molar-refractivity contribution in [3.05, 3.63) is 62.5 Å². The molecule has 0 spiro atoms. The molecule has 0 radical (unpaired) electrons. The second kappa shape index (κ2) is 6.25. The van der Waals surface area contributed by atoms with Gasteiger partial charge < -0.3 is 9.88 Å². The van der Waals surface area contributed by atoms with Gasteiger partial charge in [0.15, 0.2) is 5.43 Å². The van der Waals surface area contributed by atoms with E-state index >= 15 is 0 Å². The van der Waals surface area contributed by atoms with Gasteiger partial charge in [0.2, 0.25) is 0 Å². The minimum atomic E-state index is 0.0689. The molecule has 20 heavy (non-hydrogen) atoms. The molecule has 1 aromatic carbocycles. The molecule has 1 aromatic heterocycles. The van der Waals surface area contributed by atoms with Crippen LogP contribution in [0.5, 0.6) is 0 Å². The van der Waals surface area contributed by atoms with Gasteiger partial charge in [-0.05, 0) is 38.1 Å². The second-order valence-corrected chi connectivity index (χ2v) is 5.25. The van der Waals surface area contributed by atoms with E-state index in [0.717, 1.165) is 34.1 Å². The summed E-state index contributed by atoms with van der Waals surface area (Å²) in [6.07, 6.45) is 1.90. The van der Waals surface area contributed by atoms with Crippen molar-refractivity contribution in [2.45, 2.75) is 27.3 Å². The molecule has 4 heteroatoms. The van der Waals surface area contributed by atoms with Crippen LogP contribution in [0, 0.1) is 13.8 Å². The molecular weight excluding hydrogens is 272 g/mol. The molecule has 0 saturated carbocycles. The van der Waals surface area contributed by atoms with Gasteiger partial charge in [0, 0.05) is 40.8 Å². The lowest BCUT2D eigenvalue weighted by molar-refractivity contribution is 0.715. The van der Waals surface area contributed by atoms with E-state index in [-0.39, 0.29) is 5.43 Å². The summed E-state index contributed by atoms with van der Waals surface area (Å²) < 4.78 is 2.02. The van der Waals surface area contributed by atoms with Crippen LogP contribution in [0.3, 0.4) is 0 Å². The first-order valence-corrected chi connectivity index (χ1v) is 7.10. The van der Waals surface area contributed by atoms with Gasteiger partial charge in [0.25, 0.3) is 0 Å². The quantitative estimate of drug-likeness (QED) is 0.938. The number of pyridine rings is 1. The normalized spacial score (nSPS) is 10.8. The third kappa shape index (κ3) is 2.94. The minimum absolute atomic E-state index is 0.0689. The van der Waals surface area contributed by atoms with Crippen molar-refractivity contribution < 1.29 is 0 Å². The molecule has 0 unspecified atom stereocenters. The van der Waals surface area contributed by atoms with Crippen LogP contribution in [0.2, 0.25) is 5.02 Å². The molecule has 0 fully saturated rings. The Bertz CT molecular complexity index is 677. The highest BCUT2D eigenvalue weighted by Crippen LogP contribution is 2.23. The number of aromatic nitrogens is 1. The first kappa shape index (κ1) is 14.8. The van der Waals surface area contributed by atoms with Crippen molar-refractivity contribution >= 4 is 11.6 Å². The summed E-state index contributed by atoms with van der Waals surface area (Å²) in [7, 11) is 0. The van der Waals surface area contributed by atoms with E-state index < -0.39 is 0 Å². The van der Waals surface area contributed by atoms with Gasteiger partial charge in [-0.25, -0.2) is 0 Å². The number of halogens is 1. The summed E-state index contributed by atoms with van der Waals surface area (Å²) in [6, 6.07) is 7.48. The number of aryl methyl sites for hydroxylation is 1. The van der Waals surface area contributed by atoms with E-state index in [1.54, 1.807) is 6.07 Å². The predicted octanol–water partition coefficient (Wildman–Crippen LogP) is 3.22. The Labute approximate surface area is 124 Å². The average molecular weight is 291 g/mol. The lowest BCUT2D eigenvalue weighted by Crippen LogP contribution is -2.21. The Balaban J connectivity index is 2.56. The molecule has 0 aliphatic heterocycles.